The van der Waals surface area contributed by atoms with Crippen molar-refractivity contribution in [2.75, 3.05) is 23.8 Å². The number of rotatable bonds is 5. The van der Waals surface area contributed by atoms with Crippen molar-refractivity contribution in [3.63, 3.8) is 0 Å². The van der Waals surface area contributed by atoms with Gasteiger partial charge in [-0.05, 0) is 18.6 Å². The van der Waals surface area contributed by atoms with Gasteiger partial charge in [-0.25, -0.2) is 4.98 Å². The van der Waals surface area contributed by atoms with Gasteiger partial charge in [0.05, 0.1) is 17.4 Å². The van der Waals surface area contributed by atoms with E-state index in [0.717, 1.165) is 18.7 Å². The Balaban J connectivity index is 2.38. The summed E-state index contributed by atoms with van der Waals surface area (Å²) < 4.78 is 0. The van der Waals surface area contributed by atoms with Crippen molar-refractivity contribution in [3.8, 4) is 6.07 Å². The lowest BCUT2D eigenvalue weighted by atomic mass is 10.2. The number of nitriles is 1. The monoisotopic (exact) mass is 301 g/mol. The highest BCUT2D eigenvalue weighted by molar-refractivity contribution is 6.33. The summed E-state index contributed by atoms with van der Waals surface area (Å²) in [5, 5.41) is 12.8. The largest absolute Gasteiger partial charge is 0.354 e. The number of benzene rings is 1. The third-order valence-corrected chi connectivity index (χ3v) is 3.23. The van der Waals surface area contributed by atoms with E-state index < -0.39 is 0 Å². The van der Waals surface area contributed by atoms with E-state index in [-0.39, 0.29) is 0 Å². The Hall–Kier alpha value is -2.32. The molecule has 0 spiro atoms. The molecule has 2 aromatic rings. The average Bonchev–Trinajstić information content (AvgIpc) is 2.53. The Morgan fingerprint density at radius 1 is 1.38 bits per heavy atom. The first-order valence-corrected chi connectivity index (χ1v) is 7.04. The van der Waals surface area contributed by atoms with Gasteiger partial charge in [-0.3, -0.25) is 0 Å². The predicted octanol–water partition coefficient (Wildman–Crippen LogP) is 3.59. The second-order valence-electron chi connectivity index (χ2n) is 4.48. The second kappa shape index (κ2) is 6.91. The van der Waals surface area contributed by atoms with Crippen LogP contribution in [0, 0.1) is 11.3 Å². The zero-order valence-corrected chi connectivity index (χ0v) is 12.7. The van der Waals surface area contributed by atoms with Gasteiger partial charge in [0, 0.05) is 13.6 Å². The maximum Gasteiger partial charge on any atom is 0.224 e. The standard InChI is InChI=1S/C15H16ClN5/c1-3-8-18-15-19-10-12(16)14(20-15)21(2)13-7-5-4-6-11(13)9-17/h4-7,10H,3,8H2,1-2H3,(H,18,19,20). The molecule has 0 radical (unpaired) electrons. The topological polar surface area (TPSA) is 64.8 Å². The molecular formula is C15H16ClN5. The highest BCUT2D eigenvalue weighted by Gasteiger charge is 2.14. The number of hydrogen-bond donors (Lipinski definition) is 1. The summed E-state index contributed by atoms with van der Waals surface area (Å²) in [5.74, 6) is 1.09. The quantitative estimate of drug-likeness (QED) is 0.914. The Kier molecular flexibility index (Phi) is 4.96. The van der Waals surface area contributed by atoms with Crippen LogP contribution in [-0.2, 0) is 0 Å². The van der Waals surface area contributed by atoms with Crippen LogP contribution < -0.4 is 10.2 Å². The molecule has 0 amide bonds. The zero-order chi connectivity index (χ0) is 15.2. The van der Waals surface area contributed by atoms with Crippen LogP contribution in [-0.4, -0.2) is 23.6 Å². The van der Waals surface area contributed by atoms with Crippen molar-refractivity contribution in [1.82, 2.24) is 9.97 Å². The van der Waals surface area contributed by atoms with Gasteiger partial charge in [-0.2, -0.15) is 10.2 Å². The van der Waals surface area contributed by atoms with Gasteiger partial charge >= 0.3 is 0 Å². The van der Waals surface area contributed by atoms with Crippen molar-refractivity contribution in [2.45, 2.75) is 13.3 Å². The fourth-order valence-corrected chi connectivity index (χ4v) is 2.11. The van der Waals surface area contributed by atoms with E-state index >= 15 is 0 Å². The second-order valence-corrected chi connectivity index (χ2v) is 4.89. The third kappa shape index (κ3) is 3.41. The Morgan fingerprint density at radius 3 is 2.86 bits per heavy atom. The van der Waals surface area contributed by atoms with Crippen molar-refractivity contribution < 1.29 is 0 Å². The van der Waals surface area contributed by atoms with Crippen LogP contribution in [0.2, 0.25) is 5.02 Å². The molecule has 0 aliphatic rings. The molecule has 1 aromatic carbocycles. The van der Waals surface area contributed by atoms with Crippen molar-refractivity contribution in [2.24, 2.45) is 0 Å². The summed E-state index contributed by atoms with van der Waals surface area (Å²) in [6.07, 6.45) is 2.54. The first-order valence-electron chi connectivity index (χ1n) is 6.66. The SMILES string of the molecule is CCCNc1ncc(Cl)c(N(C)c2ccccc2C#N)n1. The minimum atomic E-state index is 0.437. The molecule has 0 bridgehead atoms. The van der Waals surface area contributed by atoms with E-state index in [1.165, 1.54) is 0 Å². The lowest BCUT2D eigenvalue weighted by Gasteiger charge is -2.21. The predicted molar refractivity (Wildman–Crippen MR) is 85.0 cm³/mol. The van der Waals surface area contributed by atoms with Crippen molar-refractivity contribution in [3.05, 3.63) is 41.0 Å². The lowest BCUT2D eigenvalue weighted by molar-refractivity contribution is 0.948. The summed E-state index contributed by atoms with van der Waals surface area (Å²) in [6, 6.07) is 9.49. The number of hydrogen-bond acceptors (Lipinski definition) is 5. The molecule has 1 heterocycles. The Morgan fingerprint density at radius 2 is 2.14 bits per heavy atom. The molecule has 0 atom stereocenters. The molecule has 0 unspecified atom stereocenters. The van der Waals surface area contributed by atoms with Gasteiger partial charge < -0.3 is 10.2 Å². The first-order chi connectivity index (χ1) is 10.2. The lowest BCUT2D eigenvalue weighted by Crippen LogP contribution is -2.15. The van der Waals surface area contributed by atoms with E-state index in [1.54, 1.807) is 17.2 Å². The molecule has 0 saturated carbocycles. The highest BCUT2D eigenvalue weighted by Crippen LogP contribution is 2.30. The maximum absolute atomic E-state index is 9.20. The molecule has 0 aliphatic carbocycles. The molecule has 21 heavy (non-hydrogen) atoms. The summed E-state index contributed by atoms with van der Waals surface area (Å²) in [7, 11) is 1.83. The summed E-state index contributed by atoms with van der Waals surface area (Å²) in [5.41, 5.74) is 1.32. The molecule has 0 aliphatic heterocycles. The molecule has 0 saturated heterocycles. The zero-order valence-electron chi connectivity index (χ0n) is 12.0. The van der Waals surface area contributed by atoms with Crippen LogP contribution in [0.25, 0.3) is 0 Å². The molecule has 108 valence electrons. The fourth-order valence-electron chi connectivity index (χ4n) is 1.89. The van der Waals surface area contributed by atoms with Crippen LogP contribution in [0.3, 0.4) is 0 Å². The summed E-state index contributed by atoms with van der Waals surface area (Å²) in [6.45, 7) is 2.86. The van der Waals surface area contributed by atoms with Crippen LogP contribution in [0.5, 0.6) is 0 Å². The van der Waals surface area contributed by atoms with Crippen LogP contribution in [0.15, 0.2) is 30.5 Å². The van der Waals surface area contributed by atoms with Gasteiger partial charge in [0.25, 0.3) is 0 Å². The van der Waals surface area contributed by atoms with Gasteiger partial charge in [-0.1, -0.05) is 30.7 Å². The van der Waals surface area contributed by atoms with Gasteiger partial charge in [0.1, 0.15) is 11.1 Å². The Bertz CT molecular complexity index is 665. The number of halogens is 1. The number of anilines is 3. The Labute approximate surface area is 129 Å². The molecule has 2 rings (SSSR count). The van der Waals surface area contributed by atoms with E-state index in [1.807, 2.05) is 25.2 Å². The van der Waals surface area contributed by atoms with Crippen molar-refractivity contribution >= 4 is 29.1 Å². The molecule has 1 N–H and O–H groups in total. The minimum Gasteiger partial charge on any atom is -0.354 e. The van der Waals surface area contributed by atoms with E-state index in [2.05, 4.69) is 28.3 Å². The van der Waals surface area contributed by atoms with Gasteiger partial charge in [-0.15, -0.1) is 0 Å². The van der Waals surface area contributed by atoms with Crippen LogP contribution in [0.1, 0.15) is 18.9 Å². The number of aromatic nitrogens is 2. The van der Waals surface area contributed by atoms with E-state index in [4.69, 9.17) is 11.6 Å². The third-order valence-electron chi connectivity index (χ3n) is 2.96. The summed E-state index contributed by atoms with van der Waals surface area (Å²) >= 11 is 6.19. The number of nitrogens with one attached hydrogen (secondary N) is 1. The fraction of sp³-hybridized carbons (Fsp3) is 0.267. The molecule has 6 heteroatoms. The highest BCUT2D eigenvalue weighted by atomic mass is 35.5. The smallest absolute Gasteiger partial charge is 0.224 e. The van der Waals surface area contributed by atoms with Gasteiger partial charge in [0.2, 0.25) is 5.95 Å². The van der Waals surface area contributed by atoms with Crippen molar-refractivity contribution in [1.29, 1.82) is 5.26 Å². The normalized spacial score (nSPS) is 10.0. The van der Waals surface area contributed by atoms with Crippen LogP contribution in [0.4, 0.5) is 17.5 Å². The first kappa shape index (κ1) is 15.1. The maximum atomic E-state index is 9.20. The van der Waals surface area contributed by atoms with E-state index in [0.29, 0.717) is 22.4 Å². The molecule has 0 fully saturated rings. The average molecular weight is 302 g/mol. The molecule has 5 nitrogen and oxygen atoms in total. The minimum absolute atomic E-state index is 0.437. The number of nitrogens with zero attached hydrogens (tertiary/aromatic N) is 4. The van der Waals surface area contributed by atoms with E-state index in [9.17, 15) is 5.26 Å². The molecular weight excluding hydrogens is 286 g/mol. The summed E-state index contributed by atoms with van der Waals surface area (Å²) in [4.78, 5) is 10.4. The van der Waals surface area contributed by atoms with Gasteiger partial charge in [0.15, 0.2) is 5.82 Å². The number of para-hydroxylation sites is 1. The molecule has 1 aromatic heterocycles. The van der Waals surface area contributed by atoms with Crippen LogP contribution >= 0.6 is 11.6 Å².